The van der Waals surface area contributed by atoms with Crippen LogP contribution in [0.5, 0.6) is 0 Å². The summed E-state index contributed by atoms with van der Waals surface area (Å²) in [6, 6.07) is 10.2. The highest BCUT2D eigenvalue weighted by Gasteiger charge is 2.11. The van der Waals surface area contributed by atoms with Crippen LogP contribution in [-0.4, -0.2) is 25.1 Å². The fourth-order valence-corrected chi connectivity index (χ4v) is 3.70. The van der Waals surface area contributed by atoms with Crippen molar-refractivity contribution in [3.63, 3.8) is 0 Å². The first kappa shape index (κ1) is 32.1. The number of hydrogen-bond donors (Lipinski definition) is 0. The highest BCUT2D eigenvalue weighted by molar-refractivity contribution is 5.92. The lowest BCUT2D eigenvalue weighted by Crippen LogP contribution is -2.11. The molecule has 2 rings (SSSR count). The van der Waals surface area contributed by atoms with Crippen LogP contribution in [0.15, 0.2) is 106 Å². The van der Waals surface area contributed by atoms with Gasteiger partial charge >= 0.3 is 0 Å². The van der Waals surface area contributed by atoms with Crippen molar-refractivity contribution in [1.82, 2.24) is 0 Å². The molecule has 0 radical (unpaired) electrons. The van der Waals surface area contributed by atoms with Crippen LogP contribution in [0.1, 0.15) is 73.3 Å². The van der Waals surface area contributed by atoms with Gasteiger partial charge < -0.3 is 9.47 Å². The van der Waals surface area contributed by atoms with Crippen molar-refractivity contribution in [3.8, 4) is 0 Å². The molecule has 1 aliphatic rings. The third kappa shape index (κ3) is 12.2. The maximum Gasteiger partial charge on any atom is 0.160 e. The average Bonchev–Trinajstić information content (AvgIpc) is 3.07. The third-order valence-electron chi connectivity index (χ3n) is 6.03. The first-order chi connectivity index (χ1) is 17.8. The van der Waals surface area contributed by atoms with Crippen molar-refractivity contribution >= 4 is 5.78 Å². The van der Waals surface area contributed by atoms with Gasteiger partial charge in [-0.05, 0) is 85.8 Å². The minimum absolute atomic E-state index is 0.0514. The molecule has 0 saturated heterocycles. The summed E-state index contributed by atoms with van der Waals surface area (Å²) in [7, 11) is 1.71. The van der Waals surface area contributed by atoms with Crippen LogP contribution in [0.4, 0.5) is 0 Å². The highest BCUT2D eigenvalue weighted by atomic mass is 16.5. The molecule has 0 spiro atoms. The minimum atomic E-state index is -0.0951. The summed E-state index contributed by atoms with van der Waals surface area (Å²) in [6.45, 7) is 14.9. The van der Waals surface area contributed by atoms with E-state index >= 15 is 0 Å². The Balaban J connectivity index is 0.00000334. The Morgan fingerprint density at radius 2 is 1.70 bits per heavy atom. The summed E-state index contributed by atoms with van der Waals surface area (Å²) in [5.41, 5.74) is 9.79. The van der Waals surface area contributed by atoms with E-state index in [-0.39, 0.29) is 18.0 Å². The molecule has 1 aromatic carbocycles. The van der Waals surface area contributed by atoms with Gasteiger partial charge in [0, 0.05) is 13.5 Å². The van der Waals surface area contributed by atoms with E-state index in [1.807, 2.05) is 64.1 Å². The van der Waals surface area contributed by atoms with Gasteiger partial charge in [-0.15, -0.1) is 5.73 Å². The second-order valence-corrected chi connectivity index (χ2v) is 8.99. The maximum absolute atomic E-state index is 12.8. The molecule has 2 atom stereocenters. The molecular formula is C34H46O3. The number of ether oxygens (including phenoxy) is 2. The van der Waals surface area contributed by atoms with Crippen LogP contribution < -0.4 is 0 Å². The summed E-state index contributed by atoms with van der Waals surface area (Å²) in [6.07, 6.45) is 15.8. The van der Waals surface area contributed by atoms with Gasteiger partial charge in [0.15, 0.2) is 5.78 Å². The quantitative estimate of drug-likeness (QED) is 0.154. The summed E-state index contributed by atoms with van der Waals surface area (Å²) < 4.78 is 11.7. The summed E-state index contributed by atoms with van der Waals surface area (Å²) >= 11 is 0. The smallest absolute Gasteiger partial charge is 0.160 e. The van der Waals surface area contributed by atoms with Crippen molar-refractivity contribution in [3.05, 3.63) is 112 Å². The van der Waals surface area contributed by atoms with Crippen LogP contribution in [0, 0.1) is 0 Å². The third-order valence-corrected chi connectivity index (χ3v) is 6.03. The van der Waals surface area contributed by atoms with Gasteiger partial charge in [-0.1, -0.05) is 81.8 Å². The molecule has 0 bridgehead atoms. The van der Waals surface area contributed by atoms with Gasteiger partial charge in [0.1, 0.15) is 0 Å². The van der Waals surface area contributed by atoms with Gasteiger partial charge in [-0.2, -0.15) is 0 Å². The van der Waals surface area contributed by atoms with E-state index < -0.39 is 0 Å². The van der Waals surface area contributed by atoms with Crippen LogP contribution in [0.2, 0.25) is 0 Å². The van der Waals surface area contributed by atoms with E-state index in [9.17, 15) is 4.79 Å². The molecule has 1 aliphatic carbocycles. The van der Waals surface area contributed by atoms with Crippen LogP contribution >= 0.6 is 0 Å². The van der Waals surface area contributed by atoms with E-state index in [1.165, 1.54) is 5.57 Å². The normalized spacial score (nSPS) is 15.7. The fourth-order valence-electron chi connectivity index (χ4n) is 3.70. The number of carbonyl (C=O) groups is 1. The second kappa shape index (κ2) is 18.3. The SMILES string of the molecule is CC.CCCC(/C=C/C(=O)CC1=CC(C)=C(C)C=C=C1)=C(/C=CC(C)OCc1ccccc1)C(C)OC. The Morgan fingerprint density at radius 3 is 2.35 bits per heavy atom. The lowest BCUT2D eigenvalue weighted by molar-refractivity contribution is -0.113. The zero-order valence-electron chi connectivity index (χ0n) is 24.1. The van der Waals surface area contributed by atoms with E-state index in [0.29, 0.717) is 13.0 Å². The Bertz CT molecular complexity index is 1060. The van der Waals surface area contributed by atoms with E-state index in [0.717, 1.165) is 40.7 Å². The topological polar surface area (TPSA) is 35.5 Å². The lowest BCUT2D eigenvalue weighted by Gasteiger charge is -2.17. The van der Waals surface area contributed by atoms with Gasteiger partial charge in [0.25, 0.3) is 0 Å². The number of methoxy groups -OCH3 is 1. The maximum atomic E-state index is 12.8. The van der Waals surface area contributed by atoms with Crippen molar-refractivity contribution in [2.45, 2.75) is 86.5 Å². The minimum Gasteiger partial charge on any atom is -0.377 e. The van der Waals surface area contributed by atoms with E-state index in [2.05, 4.69) is 56.9 Å². The van der Waals surface area contributed by atoms with Crippen molar-refractivity contribution in [1.29, 1.82) is 0 Å². The van der Waals surface area contributed by atoms with Crippen molar-refractivity contribution in [2.75, 3.05) is 7.11 Å². The molecule has 3 nitrogen and oxygen atoms in total. The molecule has 0 fully saturated rings. The van der Waals surface area contributed by atoms with Gasteiger partial charge in [-0.25, -0.2) is 0 Å². The summed E-state index contributed by atoms with van der Waals surface area (Å²) in [4.78, 5) is 12.8. The first-order valence-electron chi connectivity index (χ1n) is 13.4. The van der Waals surface area contributed by atoms with Gasteiger partial charge in [0.05, 0.1) is 18.8 Å². The summed E-state index contributed by atoms with van der Waals surface area (Å²) in [5, 5.41) is 0. The standard InChI is InChI=1S/C32H40O3.C2H6/c1-7-12-30(18-19-31(33)22-29-16-11-13-24(2)25(3)21-29)32(27(5)34-6)20-17-26(4)35-23-28-14-9-8-10-15-28;1-2/h8-10,13-21,26-27H,7,12,22-23H2,1-6H3;1-2H3/b19-18+,20-17?,32-30+;. The van der Waals surface area contributed by atoms with Crippen LogP contribution in [0.3, 0.4) is 0 Å². The Hall–Kier alpha value is -2.97. The number of ketones is 1. The predicted molar refractivity (Wildman–Crippen MR) is 157 cm³/mol. The van der Waals surface area contributed by atoms with E-state index in [4.69, 9.17) is 9.47 Å². The average molecular weight is 503 g/mol. The number of rotatable bonds is 13. The fraction of sp³-hybridized carbons (Fsp3) is 0.412. The largest absolute Gasteiger partial charge is 0.377 e. The Labute approximate surface area is 225 Å². The van der Waals surface area contributed by atoms with Gasteiger partial charge in [-0.3, -0.25) is 4.79 Å². The molecule has 200 valence electrons. The molecule has 0 aliphatic heterocycles. The molecule has 0 heterocycles. The van der Waals surface area contributed by atoms with Crippen LogP contribution in [-0.2, 0) is 20.9 Å². The van der Waals surface area contributed by atoms with Gasteiger partial charge in [0.2, 0.25) is 0 Å². The molecule has 37 heavy (non-hydrogen) atoms. The molecule has 1 aromatic rings. The molecule has 2 unspecified atom stereocenters. The number of allylic oxidation sites excluding steroid dienone is 8. The molecular weight excluding hydrogens is 456 g/mol. The first-order valence-corrected chi connectivity index (χ1v) is 13.4. The zero-order valence-corrected chi connectivity index (χ0v) is 24.1. The van der Waals surface area contributed by atoms with Crippen molar-refractivity contribution < 1.29 is 14.3 Å². The predicted octanol–water partition coefficient (Wildman–Crippen LogP) is 8.81. The number of benzene rings is 1. The van der Waals surface area contributed by atoms with E-state index in [1.54, 1.807) is 13.2 Å². The Kier molecular flexibility index (Phi) is 15.9. The number of carbonyl (C=O) groups excluding carboxylic acids is 1. The summed E-state index contributed by atoms with van der Waals surface area (Å²) in [5.74, 6) is 0.0724. The molecule has 0 amide bonds. The zero-order chi connectivity index (χ0) is 27.6. The second-order valence-electron chi connectivity index (χ2n) is 8.99. The van der Waals surface area contributed by atoms with Crippen molar-refractivity contribution in [2.24, 2.45) is 0 Å². The Morgan fingerprint density at radius 1 is 1.00 bits per heavy atom. The molecule has 0 aromatic heterocycles. The number of hydrogen-bond acceptors (Lipinski definition) is 3. The molecule has 3 heteroatoms. The monoisotopic (exact) mass is 502 g/mol. The highest BCUT2D eigenvalue weighted by Crippen LogP contribution is 2.21. The molecule has 0 saturated carbocycles. The molecule has 0 N–H and O–H groups in total. The lowest BCUT2D eigenvalue weighted by atomic mass is 9.97. The van der Waals surface area contributed by atoms with Crippen LogP contribution in [0.25, 0.3) is 0 Å².